The normalized spacial score (nSPS) is 19.7. The first kappa shape index (κ1) is 25.2. The molecule has 1 atom stereocenters. The number of hydrogen-bond acceptors (Lipinski definition) is 4. The summed E-state index contributed by atoms with van der Waals surface area (Å²) in [7, 11) is 2.03. The van der Waals surface area contributed by atoms with Crippen LogP contribution in [0.3, 0.4) is 0 Å². The number of allylic oxidation sites excluding steroid dienone is 1. The number of halogens is 1. The summed E-state index contributed by atoms with van der Waals surface area (Å²) in [4.78, 5) is 26.3. The van der Waals surface area contributed by atoms with Crippen LogP contribution in [-0.4, -0.2) is 54.5 Å². The van der Waals surface area contributed by atoms with Gasteiger partial charge in [-0.3, -0.25) is 9.78 Å². The Morgan fingerprint density at radius 1 is 1.33 bits per heavy atom. The minimum atomic E-state index is -0.215. The van der Waals surface area contributed by atoms with E-state index in [-0.39, 0.29) is 11.3 Å². The fraction of sp³-hybridized carbons (Fsp3) is 0.560. The van der Waals surface area contributed by atoms with E-state index in [0.717, 1.165) is 69.5 Å². The standard InChI is InChI=1S/C25H37ClN6O/c1-4-6-7-8-21(5-2)31(3)24(29-15-12-26)30-20-17-22(19-28-18-20)32-16-11-25(23(32)33)9-13-27-14-10-25/h6-7,12,15,17-19,21,27H,4-5,8-11,13-14,16H2,1-3H3,(H,29,30)/b7-6-,15-12+. The van der Waals surface area contributed by atoms with Gasteiger partial charge in [-0.25, -0.2) is 4.99 Å². The van der Waals surface area contributed by atoms with Gasteiger partial charge in [0, 0.05) is 31.4 Å². The summed E-state index contributed by atoms with van der Waals surface area (Å²) >= 11 is 5.76. The van der Waals surface area contributed by atoms with Gasteiger partial charge in [-0.15, -0.1) is 0 Å². The monoisotopic (exact) mass is 472 g/mol. The molecule has 7 nitrogen and oxygen atoms in total. The molecule has 1 spiro atoms. The highest BCUT2D eigenvalue weighted by atomic mass is 35.5. The molecule has 2 saturated heterocycles. The molecule has 0 saturated carbocycles. The first-order valence-corrected chi connectivity index (χ1v) is 12.4. The van der Waals surface area contributed by atoms with E-state index < -0.39 is 0 Å². The van der Waals surface area contributed by atoms with Crippen LogP contribution in [0.1, 0.15) is 52.4 Å². The van der Waals surface area contributed by atoms with Crippen molar-refractivity contribution in [2.45, 2.75) is 58.4 Å². The third-order valence-electron chi connectivity index (χ3n) is 6.78. The van der Waals surface area contributed by atoms with Crippen molar-refractivity contribution in [1.29, 1.82) is 0 Å². The maximum atomic E-state index is 13.3. The van der Waals surface area contributed by atoms with E-state index in [1.54, 1.807) is 18.6 Å². The number of carbonyl (C=O) groups excluding carboxylic acids is 1. The highest BCUT2D eigenvalue weighted by molar-refractivity contribution is 6.25. The first-order chi connectivity index (χ1) is 16.0. The first-order valence-electron chi connectivity index (χ1n) is 12.0. The number of piperidine rings is 1. The SMILES string of the molecule is CC/C=C\CC(CC)N(C)/C(=N\C=C\Cl)Nc1cncc(N2CCC3(CCNCC3)C2=O)c1. The summed E-state index contributed by atoms with van der Waals surface area (Å²) < 4.78 is 0. The Labute approximate surface area is 203 Å². The molecule has 0 radical (unpaired) electrons. The smallest absolute Gasteiger partial charge is 0.233 e. The molecule has 0 aromatic carbocycles. The van der Waals surface area contributed by atoms with Gasteiger partial charge in [0.15, 0.2) is 0 Å². The number of anilines is 2. The van der Waals surface area contributed by atoms with Crippen LogP contribution in [-0.2, 0) is 4.79 Å². The average Bonchev–Trinajstić information content (AvgIpc) is 3.15. The highest BCUT2D eigenvalue weighted by Crippen LogP contribution is 2.41. The Balaban J connectivity index is 1.77. The van der Waals surface area contributed by atoms with Crippen LogP contribution in [0.4, 0.5) is 11.4 Å². The maximum Gasteiger partial charge on any atom is 0.233 e. The molecule has 8 heteroatoms. The topological polar surface area (TPSA) is 72.9 Å². The number of pyridine rings is 1. The number of rotatable bonds is 8. The molecule has 33 heavy (non-hydrogen) atoms. The van der Waals surface area contributed by atoms with Crippen LogP contribution >= 0.6 is 11.6 Å². The lowest BCUT2D eigenvalue weighted by Crippen LogP contribution is -2.42. The summed E-state index contributed by atoms with van der Waals surface area (Å²) in [5.41, 5.74) is 2.79. The molecule has 1 aromatic rings. The number of nitrogens with one attached hydrogen (secondary N) is 2. The van der Waals surface area contributed by atoms with Crippen molar-refractivity contribution in [1.82, 2.24) is 15.2 Å². The molecule has 1 aromatic heterocycles. The molecule has 2 fully saturated rings. The summed E-state index contributed by atoms with van der Waals surface area (Å²) in [5.74, 6) is 0.915. The summed E-state index contributed by atoms with van der Waals surface area (Å²) in [6, 6.07) is 2.27. The zero-order chi connectivity index (χ0) is 23.7. The lowest BCUT2D eigenvalue weighted by molar-refractivity contribution is -0.126. The van der Waals surface area contributed by atoms with Crippen molar-refractivity contribution in [2.75, 3.05) is 36.9 Å². The lowest BCUT2D eigenvalue weighted by Gasteiger charge is -2.32. The van der Waals surface area contributed by atoms with Gasteiger partial charge in [-0.2, -0.15) is 0 Å². The van der Waals surface area contributed by atoms with Crippen LogP contribution in [0.2, 0.25) is 0 Å². The maximum absolute atomic E-state index is 13.3. The molecule has 3 heterocycles. The van der Waals surface area contributed by atoms with Gasteiger partial charge in [0.05, 0.1) is 29.2 Å². The number of aliphatic imine (C=N–C) groups is 1. The van der Waals surface area contributed by atoms with Gasteiger partial charge < -0.3 is 20.4 Å². The van der Waals surface area contributed by atoms with Crippen molar-refractivity contribution >= 4 is 34.8 Å². The lowest BCUT2D eigenvalue weighted by atomic mass is 9.78. The zero-order valence-corrected chi connectivity index (χ0v) is 20.8. The van der Waals surface area contributed by atoms with Gasteiger partial charge in [0.1, 0.15) is 0 Å². The Morgan fingerprint density at radius 2 is 2.12 bits per heavy atom. The van der Waals surface area contributed by atoms with Gasteiger partial charge in [-0.1, -0.05) is 37.6 Å². The third kappa shape index (κ3) is 6.15. The molecule has 3 rings (SSSR count). The van der Waals surface area contributed by atoms with Crippen LogP contribution < -0.4 is 15.5 Å². The minimum Gasteiger partial charge on any atom is -0.342 e. The van der Waals surface area contributed by atoms with E-state index in [0.29, 0.717) is 12.0 Å². The molecule has 180 valence electrons. The van der Waals surface area contributed by atoms with Gasteiger partial charge in [0.2, 0.25) is 11.9 Å². The van der Waals surface area contributed by atoms with Gasteiger partial charge >= 0.3 is 0 Å². The Hall–Kier alpha value is -2.38. The molecule has 2 aliphatic heterocycles. The number of guanidine groups is 1. The zero-order valence-electron chi connectivity index (χ0n) is 20.1. The third-order valence-corrected chi connectivity index (χ3v) is 6.89. The number of amides is 1. The summed E-state index contributed by atoms with van der Waals surface area (Å²) in [6.45, 7) is 6.87. The van der Waals surface area contributed by atoms with Crippen molar-refractivity contribution in [3.8, 4) is 0 Å². The van der Waals surface area contributed by atoms with E-state index >= 15 is 0 Å². The van der Waals surface area contributed by atoms with E-state index in [4.69, 9.17) is 11.6 Å². The highest BCUT2D eigenvalue weighted by Gasteiger charge is 2.47. The molecular weight excluding hydrogens is 436 g/mol. The van der Waals surface area contributed by atoms with Crippen molar-refractivity contribution in [3.05, 3.63) is 42.3 Å². The second-order valence-corrected chi connectivity index (χ2v) is 9.06. The second kappa shape index (κ2) is 12.2. The number of aromatic nitrogens is 1. The Bertz CT molecular complexity index is 877. The van der Waals surface area contributed by atoms with Crippen LogP contribution in [0.15, 0.2) is 47.3 Å². The molecule has 2 N–H and O–H groups in total. The van der Waals surface area contributed by atoms with Crippen LogP contribution in [0.25, 0.3) is 0 Å². The Kier molecular flexibility index (Phi) is 9.32. The minimum absolute atomic E-state index is 0.215. The summed E-state index contributed by atoms with van der Waals surface area (Å²) in [5, 5.41) is 6.77. The quantitative estimate of drug-likeness (QED) is 0.325. The van der Waals surface area contributed by atoms with E-state index in [9.17, 15) is 4.79 Å². The van der Waals surface area contributed by atoms with Gasteiger partial charge in [-0.05, 0) is 57.7 Å². The van der Waals surface area contributed by atoms with Crippen molar-refractivity contribution < 1.29 is 4.79 Å². The molecule has 1 unspecified atom stereocenters. The summed E-state index contributed by atoms with van der Waals surface area (Å²) in [6.07, 6.45) is 15.2. The molecule has 0 bridgehead atoms. The van der Waals surface area contributed by atoms with Crippen LogP contribution in [0.5, 0.6) is 0 Å². The average molecular weight is 473 g/mol. The number of carbonyl (C=O) groups is 1. The largest absolute Gasteiger partial charge is 0.342 e. The molecule has 1 amide bonds. The van der Waals surface area contributed by atoms with E-state index in [2.05, 4.69) is 51.5 Å². The van der Waals surface area contributed by atoms with E-state index in [1.165, 1.54) is 5.54 Å². The predicted octanol–water partition coefficient (Wildman–Crippen LogP) is 4.73. The Morgan fingerprint density at radius 3 is 2.82 bits per heavy atom. The number of hydrogen-bond donors (Lipinski definition) is 2. The molecular formula is C25H37ClN6O. The fourth-order valence-electron chi connectivity index (χ4n) is 4.71. The fourth-order valence-corrected chi connectivity index (χ4v) is 4.77. The second-order valence-electron chi connectivity index (χ2n) is 8.81. The van der Waals surface area contributed by atoms with Gasteiger partial charge in [0.25, 0.3) is 0 Å². The van der Waals surface area contributed by atoms with Crippen molar-refractivity contribution in [3.63, 3.8) is 0 Å². The number of nitrogens with zero attached hydrogens (tertiary/aromatic N) is 4. The van der Waals surface area contributed by atoms with E-state index in [1.807, 2.05) is 18.0 Å². The van der Waals surface area contributed by atoms with Crippen LogP contribution in [0, 0.1) is 5.41 Å². The predicted molar refractivity (Wildman–Crippen MR) is 138 cm³/mol. The molecule has 2 aliphatic rings. The van der Waals surface area contributed by atoms with Crippen molar-refractivity contribution in [2.24, 2.45) is 10.4 Å². The molecule has 0 aliphatic carbocycles.